The summed E-state index contributed by atoms with van der Waals surface area (Å²) in [7, 11) is 0. The number of aromatic nitrogens is 6. The van der Waals surface area contributed by atoms with Crippen LogP contribution in [0.3, 0.4) is 0 Å². The van der Waals surface area contributed by atoms with Crippen molar-refractivity contribution < 1.29 is 8.83 Å². The number of furan rings is 2. The number of hydrogen-bond donors (Lipinski definition) is 0. The zero-order valence-electron chi connectivity index (χ0n) is 59.5. The van der Waals surface area contributed by atoms with E-state index in [4.69, 9.17) is 22.0 Å². The SMILES string of the molecule is [C-]#[N+]c1cc(-n2c3ccccc3c3c4oc5c(ccc6c5c5ccccc5n6-c5ccccc5)c4ccc32)cc(C#N)c1-n1c2ccccc2c2ccccc21.[C-]#[N+]c1cc(C#N)c(-n2c3ccccc3c3ccccc32)c(-n2c3ccccc3c3c4oc5c(ccc6c5c5ccccc5n6-c5ccccc5)c4ccc32)c1. The highest BCUT2D eigenvalue weighted by Gasteiger charge is 2.29. The van der Waals surface area contributed by atoms with Gasteiger partial charge in [-0.25, -0.2) is 9.69 Å². The van der Waals surface area contributed by atoms with Gasteiger partial charge < -0.3 is 36.2 Å². The first-order valence-corrected chi connectivity index (χ1v) is 37.1. The van der Waals surface area contributed by atoms with Crippen molar-refractivity contribution >= 4 is 186 Å². The van der Waals surface area contributed by atoms with Gasteiger partial charge in [-0.3, -0.25) is 0 Å². The molecule has 0 aliphatic heterocycles. The maximum atomic E-state index is 10.8. The van der Waals surface area contributed by atoms with Crippen LogP contribution < -0.4 is 0 Å². The van der Waals surface area contributed by atoms with Gasteiger partial charge in [0.25, 0.3) is 0 Å². The Bertz CT molecular complexity index is 8290. The third-order valence-electron chi connectivity index (χ3n) is 22.9. The fraction of sp³-hybridized carbons (Fsp3) is 0. The Hall–Kier alpha value is -16.1. The summed E-state index contributed by atoms with van der Waals surface area (Å²) >= 11 is 0. The first-order chi connectivity index (χ1) is 55.5. The van der Waals surface area contributed by atoms with Gasteiger partial charge in [-0.05, 0) is 146 Å². The lowest BCUT2D eigenvalue weighted by Crippen LogP contribution is -2.06. The minimum Gasteiger partial charge on any atom is -0.455 e. The van der Waals surface area contributed by atoms with E-state index in [2.05, 4.69) is 280 Å². The highest BCUT2D eigenvalue weighted by Crippen LogP contribution is 2.50. The number of nitrogens with zero attached hydrogens (tertiary/aromatic N) is 10. The molecule has 16 aromatic carbocycles. The van der Waals surface area contributed by atoms with Crippen molar-refractivity contribution in [3.63, 3.8) is 0 Å². The molecule has 0 bridgehead atoms. The first-order valence-electron chi connectivity index (χ1n) is 37.1. The minimum atomic E-state index is 0.397. The average molecular weight is 1430 g/mol. The largest absolute Gasteiger partial charge is 0.455 e. The van der Waals surface area contributed by atoms with E-state index in [1.165, 1.54) is 0 Å². The van der Waals surface area contributed by atoms with Gasteiger partial charge >= 0.3 is 0 Å². The number of hydrogen-bond acceptors (Lipinski definition) is 4. The van der Waals surface area contributed by atoms with E-state index >= 15 is 0 Å². The Labute approximate surface area is 636 Å². The van der Waals surface area contributed by atoms with Crippen LogP contribution in [0.5, 0.6) is 0 Å². The zero-order valence-corrected chi connectivity index (χ0v) is 59.5. The van der Waals surface area contributed by atoms with Crippen LogP contribution in [0.15, 0.2) is 336 Å². The van der Waals surface area contributed by atoms with Crippen LogP contribution in [0.1, 0.15) is 11.1 Å². The van der Waals surface area contributed by atoms with Crippen LogP contribution in [-0.2, 0) is 0 Å². The second kappa shape index (κ2) is 23.7. The van der Waals surface area contributed by atoms with Crippen LogP contribution in [0.4, 0.5) is 11.4 Å². The van der Waals surface area contributed by atoms with Crippen molar-refractivity contribution in [3.05, 3.63) is 362 Å². The Morgan fingerprint density at radius 3 is 0.884 bits per heavy atom. The van der Waals surface area contributed by atoms with E-state index in [1.54, 1.807) is 6.07 Å². The Balaban J connectivity index is 0.000000134. The Morgan fingerprint density at radius 2 is 0.536 bits per heavy atom. The Morgan fingerprint density at radius 1 is 0.241 bits per heavy atom. The highest BCUT2D eigenvalue weighted by atomic mass is 16.3. The molecular formula is C100H54N10O2. The van der Waals surface area contributed by atoms with Crippen LogP contribution in [-0.4, -0.2) is 27.4 Å². The van der Waals surface area contributed by atoms with Crippen molar-refractivity contribution in [1.29, 1.82) is 10.5 Å². The monoisotopic (exact) mass is 1430 g/mol. The standard InChI is InChI=1S/2C50H27N5O/c1-52-31-27-30(29-51)48(55-39-19-9-5-15-33(39)34-16-6-10-20-40(34)55)45(28-31)54-42-22-12-8-18-38(42)47-44(54)26-24-36-35-23-25-43-46(49(35)56-50(36)47)37-17-7-11-21-41(37)53(43)32-13-3-2-4-14-32;1-52-39-28-32(27-30(29-51)48(39)55-40-19-9-5-15-33(40)34-16-6-10-20-41(34)55)54-43-22-12-8-18-38(43)47-45(54)26-24-36-35-23-25-44-46(49(35)56-50(36)47)37-17-7-11-21-42(37)53(44)31-13-3-2-4-14-31/h2*2-28H. The molecule has 0 radical (unpaired) electrons. The van der Waals surface area contributed by atoms with Crippen LogP contribution in [0.2, 0.25) is 0 Å². The first kappa shape index (κ1) is 62.1. The molecule has 0 aliphatic rings. The van der Waals surface area contributed by atoms with E-state index in [1.807, 2.05) is 91.0 Å². The van der Waals surface area contributed by atoms with Crippen molar-refractivity contribution in [1.82, 2.24) is 27.4 Å². The predicted octanol–water partition coefficient (Wildman–Crippen LogP) is 26.6. The second-order valence-corrected chi connectivity index (χ2v) is 28.5. The van der Waals surface area contributed by atoms with Gasteiger partial charge in [0.15, 0.2) is 5.69 Å². The van der Waals surface area contributed by atoms with Gasteiger partial charge in [0.05, 0.1) is 129 Å². The number of benzene rings is 16. The minimum absolute atomic E-state index is 0.397. The van der Waals surface area contributed by atoms with Crippen molar-refractivity contribution in [3.8, 4) is 46.3 Å². The molecule has 0 atom stereocenters. The van der Waals surface area contributed by atoms with Crippen molar-refractivity contribution in [2.24, 2.45) is 0 Å². The van der Waals surface area contributed by atoms with Crippen LogP contribution >= 0.6 is 0 Å². The second-order valence-electron chi connectivity index (χ2n) is 28.5. The molecule has 12 nitrogen and oxygen atoms in total. The fourth-order valence-electron chi connectivity index (χ4n) is 18.5. The molecule has 0 aliphatic carbocycles. The summed E-state index contributed by atoms with van der Waals surface area (Å²) < 4.78 is 27.5. The molecule has 0 spiro atoms. The van der Waals surface area contributed by atoms with Gasteiger partial charge in [0.1, 0.15) is 34.5 Å². The molecule has 24 rings (SSSR count). The summed E-state index contributed by atoms with van der Waals surface area (Å²) in [5.41, 5.74) is 22.0. The molecule has 0 N–H and O–H groups in total. The highest BCUT2D eigenvalue weighted by molar-refractivity contribution is 6.31. The lowest BCUT2D eigenvalue weighted by atomic mass is 10.1. The summed E-state index contributed by atoms with van der Waals surface area (Å²) in [5.74, 6) is 0. The van der Waals surface area contributed by atoms with E-state index in [9.17, 15) is 10.5 Å². The molecule has 0 unspecified atom stereocenters. The summed E-state index contributed by atoms with van der Waals surface area (Å²) in [6.07, 6.45) is 0. The fourth-order valence-corrected chi connectivity index (χ4v) is 18.5. The molecule has 0 saturated heterocycles. The third-order valence-corrected chi connectivity index (χ3v) is 22.9. The topological polar surface area (TPSA) is 112 Å². The molecule has 0 fully saturated rings. The summed E-state index contributed by atoms with van der Waals surface area (Å²) in [4.78, 5) is 7.95. The van der Waals surface area contributed by atoms with Crippen molar-refractivity contribution in [2.75, 3.05) is 0 Å². The van der Waals surface area contributed by atoms with Gasteiger partial charge in [-0.2, -0.15) is 10.5 Å². The number of para-hydroxylation sites is 10. The Kier molecular flexibility index (Phi) is 13.1. The number of nitriles is 2. The van der Waals surface area contributed by atoms with Gasteiger partial charge in [-0.15, -0.1) is 0 Å². The van der Waals surface area contributed by atoms with Crippen LogP contribution in [0.25, 0.3) is 219 Å². The van der Waals surface area contributed by atoms with Crippen molar-refractivity contribution in [2.45, 2.75) is 0 Å². The number of rotatable bonds is 6. The molecule has 8 aromatic heterocycles. The number of fused-ring (bicyclic) bond motifs is 28. The maximum absolute atomic E-state index is 10.8. The molecule has 8 heterocycles. The average Bonchev–Trinajstić information content (AvgIpc) is 1.54. The maximum Gasteiger partial charge on any atom is 0.214 e. The van der Waals surface area contributed by atoms with Gasteiger partial charge in [0.2, 0.25) is 5.69 Å². The zero-order chi connectivity index (χ0) is 74.1. The van der Waals surface area contributed by atoms with E-state index in [-0.39, 0.29) is 0 Å². The lowest BCUT2D eigenvalue weighted by molar-refractivity contribution is 0.676. The van der Waals surface area contributed by atoms with E-state index < -0.39 is 0 Å². The summed E-state index contributed by atoms with van der Waals surface area (Å²) in [6, 6.07) is 117. The lowest BCUT2D eigenvalue weighted by Gasteiger charge is -2.19. The van der Waals surface area contributed by atoms with E-state index in [0.717, 1.165) is 203 Å². The summed E-state index contributed by atoms with van der Waals surface area (Å²) in [5, 5.41) is 38.6. The molecule has 0 saturated carbocycles. The van der Waals surface area contributed by atoms with E-state index in [0.29, 0.717) is 28.2 Å². The molecule has 112 heavy (non-hydrogen) atoms. The summed E-state index contributed by atoms with van der Waals surface area (Å²) in [6.45, 7) is 16.6. The normalized spacial score (nSPS) is 11.9. The molecular weight excluding hydrogens is 1370 g/mol. The van der Waals surface area contributed by atoms with Crippen LogP contribution in [0, 0.1) is 35.8 Å². The molecule has 24 aromatic rings. The van der Waals surface area contributed by atoms with Gasteiger partial charge in [-0.1, -0.05) is 182 Å². The smallest absolute Gasteiger partial charge is 0.214 e. The predicted molar refractivity (Wildman–Crippen MR) is 455 cm³/mol. The van der Waals surface area contributed by atoms with Gasteiger partial charge in [0, 0.05) is 81.7 Å². The third kappa shape index (κ3) is 8.54. The molecule has 12 heteroatoms. The molecule has 0 amide bonds. The molecule has 516 valence electrons. The quantitative estimate of drug-likeness (QED) is 0.154.